The highest BCUT2D eigenvalue weighted by Gasteiger charge is 2.41. The normalized spacial score (nSPS) is 11.7. The van der Waals surface area contributed by atoms with Crippen LogP contribution in [0, 0.1) is 0 Å². The molecule has 2 aromatic rings. The van der Waals surface area contributed by atoms with Gasteiger partial charge in [0.1, 0.15) is 0 Å². The van der Waals surface area contributed by atoms with Gasteiger partial charge in [0.05, 0.1) is 20.3 Å². The van der Waals surface area contributed by atoms with Crippen LogP contribution in [-0.4, -0.2) is 39.7 Å². The Morgan fingerprint density at radius 2 is 1.95 bits per heavy atom. The zero-order valence-corrected chi connectivity index (χ0v) is 10.2. The van der Waals surface area contributed by atoms with E-state index >= 15 is 0 Å². The lowest BCUT2D eigenvalue weighted by Gasteiger charge is -2.08. The Morgan fingerprint density at radius 3 is 2.40 bits per heavy atom. The Kier molecular flexibility index (Phi) is 3.16. The molecule has 2 heterocycles. The SMILES string of the molecule is COc1cc(OC)n2c(C(=O)O)c(C(F)(F)F)nc2n1. The van der Waals surface area contributed by atoms with Gasteiger partial charge >= 0.3 is 12.1 Å². The van der Waals surface area contributed by atoms with Crippen LogP contribution >= 0.6 is 0 Å². The number of carboxylic acids is 1. The Labute approximate surface area is 109 Å². The van der Waals surface area contributed by atoms with Gasteiger partial charge in [-0.3, -0.25) is 0 Å². The van der Waals surface area contributed by atoms with Crippen LogP contribution in [0.25, 0.3) is 5.78 Å². The second kappa shape index (κ2) is 4.54. The second-order valence-corrected chi connectivity index (χ2v) is 3.59. The highest BCUT2D eigenvalue weighted by molar-refractivity contribution is 5.88. The summed E-state index contributed by atoms with van der Waals surface area (Å²) in [5, 5.41) is 8.99. The monoisotopic (exact) mass is 291 g/mol. The molecule has 0 spiro atoms. The molecule has 0 amide bonds. The van der Waals surface area contributed by atoms with Crippen molar-refractivity contribution in [3.63, 3.8) is 0 Å². The molecule has 20 heavy (non-hydrogen) atoms. The van der Waals surface area contributed by atoms with E-state index in [4.69, 9.17) is 14.6 Å². The molecule has 0 aromatic carbocycles. The van der Waals surface area contributed by atoms with E-state index in [0.717, 1.165) is 6.07 Å². The van der Waals surface area contributed by atoms with Crippen LogP contribution in [0.2, 0.25) is 0 Å². The van der Waals surface area contributed by atoms with E-state index in [1.54, 1.807) is 0 Å². The number of aromatic carboxylic acids is 1. The molecule has 0 saturated carbocycles. The molecular formula is C10H8F3N3O4. The molecule has 1 N–H and O–H groups in total. The number of carboxylic acid groups (broad SMARTS) is 1. The zero-order chi connectivity index (χ0) is 15.1. The van der Waals surface area contributed by atoms with E-state index in [1.165, 1.54) is 14.2 Å². The van der Waals surface area contributed by atoms with Crippen LogP contribution in [-0.2, 0) is 6.18 Å². The van der Waals surface area contributed by atoms with Crippen LogP contribution in [0.3, 0.4) is 0 Å². The molecule has 7 nitrogen and oxygen atoms in total. The molecule has 2 rings (SSSR count). The standard InChI is InChI=1S/C10H8F3N3O4/c1-19-4-3-5(20-2)16-6(8(17)18)7(10(11,12)13)15-9(16)14-4/h3H,1-2H3,(H,17,18). The fourth-order valence-electron chi connectivity index (χ4n) is 1.64. The number of hydrogen-bond acceptors (Lipinski definition) is 5. The maximum Gasteiger partial charge on any atom is 0.435 e. The zero-order valence-electron chi connectivity index (χ0n) is 10.2. The topological polar surface area (TPSA) is 86.0 Å². The van der Waals surface area contributed by atoms with E-state index in [1.807, 2.05) is 0 Å². The summed E-state index contributed by atoms with van der Waals surface area (Å²) in [6.07, 6.45) is -4.93. The molecular weight excluding hydrogens is 283 g/mol. The third-order valence-electron chi connectivity index (χ3n) is 2.43. The Balaban J connectivity index is 2.91. The summed E-state index contributed by atoms with van der Waals surface area (Å²) >= 11 is 0. The number of ether oxygens (including phenoxy) is 2. The van der Waals surface area contributed by atoms with Crippen molar-refractivity contribution in [3.05, 3.63) is 17.5 Å². The summed E-state index contributed by atoms with van der Waals surface area (Å²) in [6, 6.07) is 1.15. The predicted octanol–water partition coefficient (Wildman–Crippen LogP) is 1.46. The number of halogens is 3. The molecule has 0 atom stereocenters. The van der Waals surface area contributed by atoms with Gasteiger partial charge in [0.2, 0.25) is 17.5 Å². The van der Waals surface area contributed by atoms with Crippen molar-refractivity contribution < 1.29 is 32.5 Å². The van der Waals surface area contributed by atoms with Crippen molar-refractivity contribution in [1.82, 2.24) is 14.4 Å². The summed E-state index contributed by atoms with van der Waals surface area (Å²) in [6.45, 7) is 0. The number of aromatic nitrogens is 3. The summed E-state index contributed by atoms with van der Waals surface area (Å²) in [4.78, 5) is 18.0. The third-order valence-corrected chi connectivity index (χ3v) is 2.43. The molecule has 0 radical (unpaired) electrons. The molecule has 10 heteroatoms. The minimum Gasteiger partial charge on any atom is -0.482 e. The van der Waals surface area contributed by atoms with Crippen molar-refractivity contribution in [2.45, 2.75) is 6.18 Å². The third kappa shape index (κ3) is 2.08. The van der Waals surface area contributed by atoms with Crippen LogP contribution in [0.1, 0.15) is 16.2 Å². The van der Waals surface area contributed by atoms with Gasteiger partial charge in [-0.25, -0.2) is 14.2 Å². The molecule has 0 bridgehead atoms. The molecule has 0 aliphatic rings. The molecule has 0 fully saturated rings. The van der Waals surface area contributed by atoms with Crippen molar-refractivity contribution in [2.24, 2.45) is 0 Å². The van der Waals surface area contributed by atoms with Gasteiger partial charge in [0.15, 0.2) is 11.4 Å². The maximum atomic E-state index is 12.8. The first-order valence-electron chi connectivity index (χ1n) is 5.11. The molecule has 0 aliphatic carbocycles. The van der Waals surface area contributed by atoms with E-state index < -0.39 is 29.3 Å². The summed E-state index contributed by atoms with van der Waals surface area (Å²) in [5.41, 5.74) is -2.62. The van der Waals surface area contributed by atoms with E-state index in [2.05, 4.69) is 9.97 Å². The van der Waals surface area contributed by atoms with E-state index in [-0.39, 0.29) is 11.8 Å². The van der Waals surface area contributed by atoms with E-state index in [0.29, 0.717) is 4.40 Å². The number of nitrogens with zero attached hydrogens (tertiary/aromatic N) is 3. The van der Waals surface area contributed by atoms with Gasteiger partial charge in [0, 0.05) is 0 Å². The quantitative estimate of drug-likeness (QED) is 0.921. The summed E-state index contributed by atoms with van der Waals surface area (Å²) in [7, 11) is 2.43. The smallest absolute Gasteiger partial charge is 0.435 e. The van der Waals surface area contributed by atoms with Crippen LogP contribution < -0.4 is 9.47 Å². The molecule has 108 valence electrons. The van der Waals surface area contributed by atoms with Gasteiger partial charge in [-0.2, -0.15) is 18.2 Å². The van der Waals surface area contributed by atoms with Crippen molar-refractivity contribution in [1.29, 1.82) is 0 Å². The van der Waals surface area contributed by atoms with Gasteiger partial charge < -0.3 is 14.6 Å². The lowest BCUT2D eigenvalue weighted by atomic mass is 10.3. The average Bonchev–Trinajstić information content (AvgIpc) is 2.76. The number of methoxy groups -OCH3 is 2. The molecule has 0 saturated heterocycles. The predicted molar refractivity (Wildman–Crippen MR) is 58.1 cm³/mol. The molecule has 0 unspecified atom stereocenters. The largest absolute Gasteiger partial charge is 0.482 e. The number of alkyl halides is 3. The van der Waals surface area contributed by atoms with Gasteiger partial charge in [-0.1, -0.05) is 0 Å². The maximum absolute atomic E-state index is 12.8. The van der Waals surface area contributed by atoms with Crippen molar-refractivity contribution >= 4 is 11.7 Å². The first-order chi connectivity index (χ1) is 9.29. The van der Waals surface area contributed by atoms with Crippen molar-refractivity contribution in [2.75, 3.05) is 14.2 Å². The van der Waals surface area contributed by atoms with Gasteiger partial charge in [0.25, 0.3) is 0 Å². The van der Waals surface area contributed by atoms with Crippen LogP contribution in [0.15, 0.2) is 6.07 Å². The number of carbonyl (C=O) groups is 1. The van der Waals surface area contributed by atoms with E-state index in [9.17, 15) is 18.0 Å². The minimum atomic E-state index is -4.93. The lowest BCUT2D eigenvalue weighted by molar-refractivity contribution is -0.141. The minimum absolute atomic E-state index is 0.0509. The van der Waals surface area contributed by atoms with Crippen LogP contribution in [0.4, 0.5) is 13.2 Å². The Morgan fingerprint density at radius 1 is 1.30 bits per heavy atom. The second-order valence-electron chi connectivity index (χ2n) is 3.59. The summed E-state index contributed by atoms with van der Waals surface area (Å²) in [5.74, 6) is -2.52. The first-order valence-corrected chi connectivity index (χ1v) is 5.11. The number of rotatable bonds is 3. The highest BCUT2D eigenvalue weighted by atomic mass is 19.4. The first kappa shape index (κ1) is 13.9. The van der Waals surface area contributed by atoms with Gasteiger partial charge in [-0.15, -0.1) is 0 Å². The fraction of sp³-hybridized carbons (Fsp3) is 0.300. The molecule has 0 aliphatic heterocycles. The summed E-state index contributed by atoms with van der Waals surface area (Å²) < 4.78 is 48.8. The molecule has 2 aromatic heterocycles. The number of hydrogen-bond donors (Lipinski definition) is 1. The van der Waals surface area contributed by atoms with Crippen LogP contribution in [0.5, 0.6) is 11.8 Å². The number of fused-ring (bicyclic) bond motifs is 1. The fourth-order valence-corrected chi connectivity index (χ4v) is 1.64. The van der Waals surface area contributed by atoms with Crippen molar-refractivity contribution in [3.8, 4) is 11.8 Å². The highest BCUT2D eigenvalue weighted by Crippen LogP contribution is 2.34. The number of imidazole rings is 1. The Hall–Kier alpha value is -2.52. The average molecular weight is 291 g/mol. The Bertz CT molecular complexity index is 680. The lowest BCUT2D eigenvalue weighted by Crippen LogP contribution is -2.14. The van der Waals surface area contributed by atoms with Gasteiger partial charge in [-0.05, 0) is 0 Å².